The van der Waals surface area contributed by atoms with Gasteiger partial charge in [-0.25, -0.2) is 0 Å². The van der Waals surface area contributed by atoms with Gasteiger partial charge in [0.05, 0.1) is 6.61 Å². The largest absolute Gasteiger partial charge is 0.462 e. The van der Waals surface area contributed by atoms with E-state index in [4.69, 9.17) is 18.9 Å². The van der Waals surface area contributed by atoms with E-state index in [1.807, 2.05) is 0 Å². The Morgan fingerprint density at radius 2 is 1.03 bits per heavy atom. The highest BCUT2D eigenvalue weighted by Crippen LogP contribution is 2.24. The van der Waals surface area contributed by atoms with Crippen LogP contribution in [0.25, 0.3) is 0 Å². The lowest BCUT2D eigenvalue weighted by molar-refractivity contribution is -0.297. The van der Waals surface area contributed by atoms with Crippen molar-refractivity contribution in [2.24, 2.45) is 0 Å². The number of unbranched alkanes of at least 4 members (excludes halogenated alkanes) is 15. The average Bonchev–Trinajstić information content (AvgIpc) is 3.21. The molecule has 0 spiro atoms. The van der Waals surface area contributed by atoms with Crippen LogP contribution in [0.5, 0.6) is 0 Å². The molecular weight excluding hydrogens is 789 g/mol. The SMILES string of the molecule is CCC/C=C/C/C=C/C/C=C/C/C=C/CCCCCC(=O)OC[C@H](CO[C@H]1O[C@H](CS(=O)(=O)O)[C@@H](O)C(O)C1O)OC(=O)CCCCCCC/C=C/CCCCCCCC. The number of hydrogen-bond donors (Lipinski definition) is 4. The topological polar surface area (TPSA) is 186 Å². The summed E-state index contributed by atoms with van der Waals surface area (Å²) in [6.45, 7) is 3.64. The molecule has 6 atom stereocenters. The van der Waals surface area contributed by atoms with Crippen LogP contribution in [-0.4, -0.2) is 96.0 Å². The van der Waals surface area contributed by atoms with Crippen LogP contribution in [-0.2, 0) is 38.7 Å². The summed E-state index contributed by atoms with van der Waals surface area (Å²) < 4.78 is 54.0. The van der Waals surface area contributed by atoms with Crippen molar-refractivity contribution in [3.63, 3.8) is 0 Å². The molecule has 2 unspecified atom stereocenters. The molecule has 0 saturated carbocycles. The molecule has 12 nitrogen and oxygen atoms in total. The molecule has 13 heteroatoms. The molecule has 1 rings (SSSR count). The Labute approximate surface area is 362 Å². The fourth-order valence-corrected chi connectivity index (χ4v) is 7.18. The van der Waals surface area contributed by atoms with E-state index in [9.17, 15) is 37.9 Å². The van der Waals surface area contributed by atoms with Gasteiger partial charge in [0, 0.05) is 12.8 Å². The molecule has 60 heavy (non-hydrogen) atoms. The van der Waals surface area contributed by atoms with Crippen LogP contribution in [0.1, 0.15) is 168 Å². The van der Waals surface area contributed by atoms with Gasteiger partial charge in [-0.2, -0.15) is 8.42 Å². The number of carbonyl (C=O) groups excluding carboxylic acids is 2. The Morgan fingerprint density at radius 3 is 1.58 bits per heavy atom. The first-order chi connectivity index (χ1) is 29.0. The van der Waals surface area contributed by atoms with Crippen molar-refractivity contribution in [2.45, 2.75) is 205 Å². The van der Waals surface area contributed by atoms with E-state index < -0.39 is 71.2 Å². The summed E-state index contributed by atoms with van der Waals surface area (Å²) in [5, 5.41) is 30.9. The van der Waals surface area contributed by atoms with Gasteiger partial charge >= 0.3 is 11.9 Å². The summed E-state index contributed by atoms with van der Waals surface area (Å²) in [6.07, 6.45) is 35.5. The van der Waals surface area contributed by atoms with Gasteiger partial charge in [0.15, 0.2) is 12.4 Å². The maximum atomic E-state index is 12.8. The number of ether oxygens (including phenoxy) is 4. The van der Waals surface area contributed by atoms with Crippen LogP contribution in [0.4, 0.5) is 0 Å². The molecule has 1 aliphatic rings. The first-order valence-electron chi connectivity index (χ1n) is 22.8. The van der Waals surface area contributed by atoms with Crippen molar-refractivity contribution in [1.82, 2.24) is 0 Å². The van der Waals surface area contributed by atoms with Crippen LogP contribution in [0, 0.1) is 0 Å². The Morgan fingerprint density at radius 1 is 0.567 bits per heavy atom. The smallest absolute Gasteiger partial charge is 0.306 e. The van der Waals surface area contributed by atoms with E-state index in [-0.39, 0.29) is 19.4 Å². The molecule has 0 aromatic heterocycles. The van der Waals surface area contributed by atoms with Crippen molar-refractivity contribution in [3.05, 3.63) is 60.8 Å². The zero-order chi connectivity index (χ0) is 44.1. The Kier molecular flexibility index (Phi) is 34.1. The van der Waals surface area contributed by atoms with E-state index in [0.29, 0.717) is 12.8 Å². The standard InChI is InChI=1S/C47H80O12S/c1-3-5-7-9-11-13-15-17-19-20-22-23-25-27-29-31-33-35-42(48)56-37-40(38-57-47-46(52)45(51)44(50)41(59-47)39-60(53,54)55)58-43(49)36-34-32-30-28-26-24-21-18-16-14-12-10-8-6-4-2/h7,9,13,15,18-21,23,25,40-41,44-47,50-52H,3-6,8,10-12,14,16-17,22,24,26-39H2,1-2H3,(H,53,54,55)/b9-7+,15-13+,20-19+,21-18+,25-23+/t40-,41-,44-,45?,46?,47+/m1/s1. The van der Waals surface area contributed by atoms with E-state index >= 15 is 0 Å². The quantitative estimate of drug-likeness (QED) is 0.0201. The summed E-state index contributed by atoms with van der Waals surface area (Å²) in [5.74, 6) is -2.04. The number of carbonyl (C=O) groups is 2. The molecule has 0 amide bonds. The van der Waals surface area contributed by atoms with Gasteiger partial charge < -0.3 is 34.3 Å². The Hall–Kier alpha value is -2.65. The molecule has 1 heterocycles. The van der Waals surface area contributed by atoms with Gasteiger partial charge in [0.2, 0.25) is 0 Å². The number of aliphatic hydroxyl groups is 3. The lowest BCUT2D eigenvalue weighted by Crippen LogP contribution is -2.60. The number of hydrogen-bond acceptors (Lipinski definition) is 11. The van der Waals surface area contributed by atoms with Crippen molar-refractivity contribution in [3.8, 4) is 0 Å². The van der Waals surface area contributed by atoms with E-state index in [1.54, 1.807) is 0 Å². The number of aliphatic hydroxyl groups excluding tert-OH is 3. The van der Waals surface area contributed by atoms with Gasteiger partial charge in [-0.05, 0) is 77.0 Å². The van der Waals surface area contributed by atoms with Crippen molar-refractivity contribution < 1.29 is 56.8 Å². The number of allylic oxidation sites excluding steroid dienone is 10. The van der Waals surface area contributed by atoms with E-state index in [1.165, 1.54) is 44.9 Å². The van der Waals surface area contributed by atoms with Crippen LogP contribution in [0.2, 0.25) is 0 Å². The number of esters is 2. The van der Waals surface area contributed by atoms with Crippen molar-refractivity contribution >= 4 is 22.1 Å². The minimum atomic E-state index is -4.61. The maximum absolute atomic E-state index is 12.8. The van der Waals surface area contributed by atoms with E-state index in [0.717, 1.165) is 83.5 Å². The molecule has 4 N–H and O–H groups in total. The second-order valence-electron chi connectivity index (χ2n) is 15.7. The van der Waals surface area contributed by atoms with Gasteiger partial charge in [-0.1, -0.05) is 139 Å². The lowest BCUT2D eigenvalue weighted by atomic mass is 10.00. The predicted octanol–water partition coefficient (Wildman–Crippen LogP) is 9.34. The summed E-state index contributed by atoms with van der Waals surface area (Å²) in [7, 11) is -4.61. The molecule has 0 aromatic rings. The molecule has 1 fully saturated rings. The van der Waals surface area contributed by atoms with Crippen LogP contribution in [0.15, 0.2) is 60.8 Å². The minimum absolute atomic E-state index is 0.145. The molecule has 0 aromatic carbocycles. The van der Waals surface area contributed by atoms with Crippen molar-refractivity contribution in [2.75, 3.05) is 19.0 Å². The molecule has 0 radical (unpaired) electrons. The van der Waals surface area contributed by atoms with Gasteiger partial charge in [0.25, 0.3) is 10.1 Å². The van der Waals surface area contributed by atoms with Crippen LogP contribution >= 0.6 is 0 Å². The predicted molar refractivity (Wildman–Crippen MR) is 238 cm³/mol. The zero-order valence-electron chi connectivity index (χ0n) is 36.8. The summed E-state index contributed by atoms with van der Waals surface area (Å²) in [4.78, 5) is 25.4. The van der Waals surface area contributed by atoms with Gasteiger partial charge in [-0.15, -0.1) is 0 Å². The fraction of sp³-hybridized carbons (Fsp3) is 0.745. The zero-order valence-corrected chi connectivity index (χ0v) is 37.6. The second kappa shape index (κ2) is 37.0. The van der Waals surface area contributed by atoms with E-state index in [2.05, 4.69) is 74.6 Å². The molecule has 0 bridgehead atoms. The van der Waals surface area contributed by atoms with Gasteiger partial charge in [0.1, 0.15) is 36.8 Å². The first-order valence-corrected chi connectivity index (χ1v) is 24.5. The average molecular weight is 869 g/mol. The summed E-state index contributed by atoms with van der Waals surface area (Å²) in [6, 6.07) is 0. The minimum Gasteiger partial charge on any atom is -0.462 e. The van der Waals surface area contributed by atoms with Crippen LogP contribution < -0.4 is 0 Å². The third-order valence-corrected chi connectivity index (χ3v) is 10.8. The molecule has 1 aliphatic heterocycles. The molecule has 0 aliphatic carbocycles. The lowest BCUT2D eigenvalue weighted by Gasteiger charge is -2.40. The highest BCUT2D eigenvalue weighted by atomic mass is 32.2. The Bertz CT molecular complexity index is 1340. The second-order valence-corrected chi connectivity index (χ2v) is 17.2. The third kappa shape index (κ3) is 31.2. The highest BCUT2D eigenvalue weighted by Gasteiger charge is 2.46. The van der Waals surface area contributed by atoms with Crippen molar-refractivity contribution in [1.29, 1.82) is 0 Å². The normalized spacial score (nSPS) is 20.7. The highest BCUT2D eigenvalue weighted by molar-refractivity contribution is 7.85. The summed E-state index contributed by atoms with van der Waals surface area (Å²) >= 11 is 0. The van der Waals surface area contributed by atoms with Gasteiger partial charge in [-0.3, -0.25) is 14.1 Å². The molecule has 346 valence electrons. The Balaban J connectivity index is 2.48. The monoisotopic (exact) mass is 869 g/mol. The number of rotatable bonds is 37. The first kappa shape index (κ1) is 55.4. The summed E-state index contributed by atoms with van der Waals surface area (Å²) in [5.41, 5.74) is 0. The fourth-order valence-electron chi connectivity index (χ4n) is 6.48. The third-order valence-electron chi connectivity index (χ3n) is 10.1. The molecular formula is C47H80O12S. The maximum Gasteiger partial charge on any atom is 0.306 e. The molecule has 1 saturated heterocycles. The van der Waals surface area contributed by atoms with Crippen LogP contribution in [0.3, 0.4) is 0 Å².